The Morgan fingerprint density at radius 3 is 2.24 bits per heavy atom. The maximum atomic E-state index is 13.2. The predicted octanol–water partition coefficient (Wildman–Crippen LogP) is 1.90. The van der Waals surface area contributed by atoms with E-state index >= 15 is 0 Å². The number of nitrogens with two attached hydrogens (primary N) is 1. The molecule has 0 fully saturated rings. The van der Waals surface area contributed by atoms with Crippen molar-refractivity contribution in [2.24, 2.45) is 11.7 Å². The van der Waals surface area contributed by atoms with Gasteiger partial charge in [0, 0.05) is 24.9 Å². The van der Waals surface area contributed by atoms with E-state index in [-0.39, 0.29) is 48.1 Å². The molecule has 236 valence electrons. The lowest BCUT2D eigenvalue weighted by Crippen LogP contribution is -2.51. The molecule has 0 spiro atoms. The van der Waals surface area contributed by atoms with Gasteiger partial charge in [-0.2, -0.15) is 0 Å². The van der Waals surface area contributed by atoms with E-state index in [1.165, 1.54) is 12.1 Å². The minimum Gasteiger partial charge on any atom is -0.508 e. The van der Waals surface area contributed by atoms with Gasteiger partial charge >= 0.3 is 0 Å². The minimum atomic E-state index is -3.40. The summed E-state index contributed by atoms with van der Waals surface area (Å²) in [4.78, 5) is 38.2. The fourth-order valence-electron chi connectivity index (χ4n) is 3.97. The number of hydrogen-bond acceptors (Lipinski definition) is 7. The van der Waals surface area contributed by atoms with Crippen molar-refractivity contribution in [1.29, 1.82) is 0 Å². The summed E-state index contributed by atoms with van der Waals surface area (Å²) in [6, 6.07) is 11.3. The average molecular weight is 629 g/mol. The summed E-state index contributed by atoms with van der Waals surface area (Å²) in [5.74, 6) is -0.881. The zero-order chi connectivity index (χ0) is 29.7. The normalized spacial score (nSPS) is 12.3. The van der Waals surface area contributed by atoms with E-state index in [2.05, 4.69) is 29.8 Å². The molecule has 11 nitrogen and oxygen atoms in total. The smallest absolute Gasteiger partial charge is 0.246 e. The molecule has 0 radical (unpaired) electrons. The first-order valence-corrected chi connectivity index (χ1v) is 15.6. The topological polar surface area (TPSA) is 199 Å². The fourth-order valence-corrected chi connectivity index (χ4v) is 4.63. The monoisotopic (exact) mass is 628 g/mol. The number of amides is 3. The number of sulfone groups is 1. The third-order valence-corrected chi connectivity index (χ3v) is 7.29. The molecule has 3 amide bonds. The average Bonchev–Trinajstić information content (AvgIpc) is 2.87. The first-order chi connectivity index (χ1) is 18.8. The maximum Gasteiger partial charge on any atom is 0.246 e. The number of aromatic hydroxyl groups is 1. The molecular weight excluding hydrogens is 584 g/mol. The quantitative estimate of drug-likeness (QED) is 0.187. The number of phenols is 1. The lowest BCUT2D eigenvalue weighted by Gasteiger charge is -2.21. The Hall–Kier alpha value is -3.19. The van der Waals surface area contributed by atoms with Gasteiger partial charge in [-0.15, -0.1) is 12.4 Å². The van der Waals surface area contributed by atoms with Gasteiger partial charge in [0.15, 0.2) is 0 Å². The van der Waals surface area contributed by atoms with Crippen LogP contribution in [0.1, 0.15) is 50.7 Å². The van der Waals surface area contributed by atoms with Crippen molar-refractivity contribution >= 4 is 45.7 Å². The number of para-hydroxylation sites is 1. The van der Waals surface area contributed by atoms with E-state index < -0.39 is 33.7 Å². The molecule has 0 aliphatic carbocycles. The highest BCUT2D eigenvalue weighted by atomic mass is 35.5. The van der Waals surface area contributed by atoms with Crippen LogP contribution in [0.2, 0.25) is 0 Å². The highest BCUT2D eigenvalue weighted by Crippen LogP contribution is 2.19. The Bertz CT molecular complexity index is 1240. The number of carbonyl (C=O) groups excluding carboxylic acids is 3. The highest BCUT2D eigenvalue weighted by molar-refractivity contribution is 7.90. The molecule has 0 aliphatic rings. The number of halogens is 1. The molecule has 0 saturated carbocycles. The molecule has 0 aromatic heterocycles. The fraction of sp³-hybridized carbons (Fsp3) is 0.483. The van der Waals surface area contributed by atoms with Crippen LogP contribution in [0.4, 0.5) is 5.69 Å². The van der Waals surface area contributed by atoms with Crippen LogP contribution in [0.15, 0.2) is 48.5 Å². The van der Waals surface area contributed by atoms with Crippen molar-refractivity contribution in [3.63, 3.8) is 0 Å². The number of rotatable bonds is 16. The van der Waals surface area contributed by atoms with E-state index in [1.807, 2.05) is 12.1 Å². The van der Waals surface area contributed by atoms with Crippen LogP contribution in [0.5, 0.6) is 5.75 Å². The van der Waals surface area contributed by atoms with Crippen molar-refractivity contribution in [2.45, 2.75) is 64.5 Å². The summed E-state index contributed by atoms with van der Waals surface area (Å²) in [5, 5.41) is 17.8. The Kier molecular flexibility index (Phi) is 17.6. The third kappa shape index (κ3) is 15.2. The Morgan fingerprint density at radius 1 is 0.976 bits per heavy atom. The largest absolute Gasteiger partial charge is 0.508 e. The highest BCUT2D eigenvalue weighted by Gasteiger charge is 2.26. The molecular formula is C29H45ClN4O7S. The lowest BCUT2D eigenvalue weighted by molar-refractivity contribution is -0.127. The molecule has 42 heavy (non-hydrogen) atoms. The number of anilines is 1. The number of hydrogen-bond donors (Lipinski definition) is 5. The van der Waals surface area contributed by atoms with Crippen LogP contribution in [-0.2, 0) is 37.1 Å². The molecule has 0 saturated heterocycles. The van der Waals surface area contributed by atoms with Crippen LogP contribution in [0.3, 0.4) is 0 Å². The van der Waals surface area contributed by atoms with E-state index in [1.54, 1.807) is 24.3 Å². The molecule has 2 rings (SSSR count). The first kappa shape index (κ1) is 38.8. The van der Waals surface area contributed by atoms with Gasteiger partial charge in [0.1, 0.15) is 21.6 Å². The van der Waals surface area contributed by atoms with E-state index in [9.17, 15) is 27.9 Å². The summed E-state index contributed by atoms with van der Waals surface area (Å²) in [7, 11) is -3.40. The van der Waals surface area contributed by atoms with Gasteiger partial charge in [0.25, 0.3) is 0 Å². The molecule has 13 heteroatoms. The SMILES string of the molecule is CC(C)CCNC(=O)CCCc1ccccc1NC(=O)[C@@H](CCS(C)(=O)=O)NC(=O)[C@@H](N)Cc1ccc(O)cc1.Cl.O. The molecule has 0 unspecified atom stereocenters. The number of carbonyl (C=O) groups is 3. The number of nitrogens with one attached hydrogen (secondary N) is 3. The van der Waals surface area contributed by atoms with Crippen LogP contribution >= 0.6 is 12.4 Å². The Labute approximate surface area is 254 Å². The van der Waals surface area contributed by atoms with Crippen molar-refractivity contribution in [2.75, 3.05) is 23.9 Å². The van der Waals surface area contributed by atoms with Crippen LogP contribution < -0.4 is 21.7 Å². The van der Waals surface area contributed by atoms with Crippen LogP contribution in [0, 0.1) is 5.92 Å². The van der Waals surface area contributed by atoms with Gasteiger partial charge in [-0.05, 0) is 67.3 Å². The van der Waals surface area contributed by atoms with Gasteiger partial charge in [0.2, 0.25) is 17.7 Å². The van der Waals surface area contributed by atoms with E-state index in [0.29, 0.717) is 37.4 Å². The summed E-state index contributed by atoms with van der Waals surface area (Å²) in [6.45, 7) is 4.84. The van der Waals surface area contributed by atoms with Gasteiger partial charge in [0.05, 0.1) is 11.8 Å². The second kappa shape index (κ2) is 19.1. The molecule has 2 atom stereocenters. The Balaban J connectivity index is 0.00000840. The molecule has 8 N–H and O–H groups in total. The standard InChI is InChI=1S/C29H42N4O6S.ClH.H2O/c1-20(2)15-17-31-27(35)10-6-8-22-7-4-5-9-25(22)32-29(37)26(16-18-40(3,38)39)33-28(36)24(30)19-21-11-13-23(34)14-12-21;;/h4-5,7,9,11-14,20,24,26,34H,6,8,10,15-19,30H2,1-3H3,(H,31,35)(H,32,37)(H,33,36);1H;1H2/t24-,26+;;/m0../s1. The van der Waals surface area contributed by atoms with Crippen LogP contribution in [-0.4, -0.2) is 67.4 Å². The zero-order valence-electron chi connectivity index (χ0n) is 24.4. The maximum absolute atomic E-state index is 13.2. The summed E-state index contributed by atoms with van der Waals surface area (Å²) >= 11 is 0. The third-order valence-electron chi connectivity index (χ3n) is 6.31. The predicted molar refractivity (Wildman–Crippen MR) is 167 cm³/mol. The van der Waals surface area contributed by atoms with Crippen LogP contribution in [0.25, 0.3) is 0 Å². The molecule has 0 heterocycles. The number of phenolic OH excluding ortho intramolecular Hbond substituents is 1. The van der Waals surface area contributed by atoms with E-state index in [4.69, 9.17) is 5.73 Å². The van der Waals surface area contributed by atoms with Crippen molar-refractivity contribution < 1.29 is 33.4 Å². The molecule has 2 aromatic rings. The molecule has 2 aromatic carbocycles. The summed E-state index contributed by atoms with van der Waals surface area (Å²) in [5.41, 5.74) is 8.13. The summed E-state index contributed by atoms with van der Waals surface area (Å²) in [6.07, 6.45) is 3.51. The first-order valence-electron chi connectivity index (χ1n) is 13.5. The van der Waals surface area contributed by atoms with Crippen molar-refractivity contribution in [3.8, 4) is 5.75 Å². The van der Waals surface area contributed by atoms with Gasteiger partial charge in [-0.25, -0.2) is 8.42 Å². The van der Waals surface area contributed by atoms with Gasteiger partial charge in [-0.3, -0.25) is 14.4 Å². The van der Waals surface area contributed by atoms with Gasteiger partial charge < -0.3 is 32.3 Å². The molecule has 0 aliphatic heterocycles. The minimum absolute atomic E-state index is 0. The summed E-state index contributed by atoms with van der Waals surface area (Å²) < 4.78 is 23.6. The van der Waals surface area contributed by atoms with Gasteiger partial charge in [-0.1, -0.05) is 44.2 Å². The van der Waals surface area contributed by atoms with Crippen molar-refractivity contribution in [1.82, 2.24) is 10.6 Å². The number of benzene rings is 2. The molecule has 0 bridgehead atoms. The second-order valence-corrected chi connectivity index (χ2v) is 12.7. The lowest BCUT2D eigenvalue weighted by atomic mass is 10.0. The zero-order valence-corrected chi connectivity index (χ0v) is 26.0. The van der Waals surface area contributed by atoms with Crippen molar-refractivity contribution in [3.05, 3.63) is 59.7 Å². The second-order valence-electron chi connectivity index (χ2n) is 10.5. The Morgan fingerprint density at radius 2 is 1.62 bits per heavy atom. The number of aryl methyl sites for hydroxylation is 1. The van der Waals surface area contributed by atoms with E-state index in [0.717, 1.165) is 23.8 Å².